The molecule has 3 aromatic carbocycles. The van der Waals surface area contributed by atoms with E-state index in [4.69, 9.17) is 14.2 Å². The van der Waals surface area contributed by atoms with Gasteiger partial charge < -0.3 is 19.3 Å². The average Bonchev–Trinajstić information content (AvgIpc) is 2.88. The van der Waals surface area contributed by atoms with Gasteiger partial charge in [0.1, 0.15) is 24.4 Å². The molecule has 0 aliphatic rings. The summed E-state index contributed by atoms with van der Waals surface area (Å²) in [6.45, 7) is 8.79. The van der Waals surface area contributed by atoms with Gasteiger partial charge in [0.05, 0.1) is 19.8 Å². The predicted octanol–water partition coefficient (Wildman–Crippen LogP) is 5.48. The van der Waals surface area contributed by atoms with Crippen LogP contribution in [0.5, 0.6) is 0 Å². The van der Waals surface area contributed by atoms with Crippen LogP contribution in [0.3, 0.4) is 0 Å². The number of aliphatic hydroxyl groups excluding tert-OH is 1. The number of aliphatic hydroxyl groups is 1. The van der Waals surface area contributed by atoms with Crippen molar-refractivity contribution in [3.8, 4) is 0 Å². The van der Waals surface area contributed by atoms with Crippen molar-refractivity contribution in [3.05, 3.63) is 133 Å². The zero-order chi connectivity index (χ0) is 23.3. The lowest BCUT2D eigenvalue weighted by Crippen LogP contribution is -2.47. The van der Waals surface area contributed by atoms with E-state index in [9.17, 15) is 5.11 Å². The maximum Gasteiger partial charge on any atom is 0.117 e. The normalized spacial score (nSPS) is 14.7. The predicted molar refractivity (Wildman–Crippen MR) is 131 cm³/mol. The zero-order valence-corrected chi connectivity index (χ0v) is 18.8. The van der Waals surface area contributed by atoms with Crippen LogP contribution in [0, 0.1) is 0 Å². The SMILES string of the molecule is C=C[C@@H](O)[C@@H](OCc1ccccc1)[C@H](OCc1ccccc1)[C@H](C=C)OCc1ccccc1. The van der Waals surface area contributed by atoms with Crippen molar-refractivity contribution in [1.82, 2.24) is 0 Å². The Morgan fingerprint density at radius 3 is 1.36 bits per heavy atom. The lowest BCUT2D eigenvalue weighted by molar-refractivity contribution is -0.161. The monoisotopic (exact) mass is 444 g/mol. The third-order valence-corrected chi connectivity index (χ3v) is 5.31. The molecule has 3 aromatic rings. The van der Waals surface area contributed by atoms with E-state index < -0.39 is 24.4 Å². The second kappa shape index (κ2) is 13.5. The lowest BCUT2D eigenvalue weighted by atomic mass is 10.0. The molecule has 0 amide bonds. The molecule has 0 heterocycles. The van der Waals surface area contributed by atoms with Gasteiger partial charge in [0.25, 0.3) is 0 Å². The van der Waals surface area contributed by atoms with Crippen molar-refractivity contribution in [2.75, 3.05) is 0 Å². The number of rotatable bonds is 14. The molecule has 0 fully saturated rings. The van der Waals surface area contributed by atoms with Gasteiger partial charge in [-0.25, -0.2) is 0 Å². The van der Waals surface area contributed by atoms with Crippen LogP contribution in [-0.4, -0.2) is 29.5 Å². The Morgan fingerprint density at radius 1 is 0.576 bits per heavy atom. The second-order valence-electron chi connectivity index (χ2n) is 7.75. The molecular formula is C29H32O4. The standard InChI is InChI=1S/C29H32O4/c1-3-26(30)28(32-21-24-16-10-6-11-17-24)29(33-22-25-18-12-7-13-19-25)27(4-2)31-20-23-14-8-5-9-15-23/h3-19,26-30H,1-2,20-22H2/t26-,27+,28-,29-/m1/s1. The van der Waals surface area contributed by atoms with Crippen molar-refractivity contribution in [2.24, 2.45) is 0 Å². The first-order valence-electron chi connectivity index (χ1n) is 11.1. The first-order chi connectivity index (χ1) is 16.2. The van der Waals surface area contributed by atoms with Crippen LogP contribution in [0.1, 0.15) is 16.7 Å². The highest BCUT2D eigenvalue weighted by atomic mass is 16.6. The first-order valence-corrected chi connectivity index (χ1v) is 11.1. The van der Waals surface area contributed by atoms with E-state index in [0.29, 0.717) is 19.8 Å². The van der Waals surface area contributed by atoms with E-state index in [1.807, 2.05) is 91.0 Å². The van der Waals surface area contributed by atoms with Gasteiger partial charge in [0.2, 0.25) is 0 Å². The van der Waals surface area contributed by atoms with Gasteiger partial charge >= 0.3 is 0 Å². The topological polar surface area (TPSA) is 47.9 Å². The molecule has 33 heavy (non-hydrogen) atoms. The van der Waals surface area contributed by atoms with Crippen LogP contribution < -0.4 is 0 Å². The van der Waals surface area contributed by atoms with E-state index >= 15 is 0 Å². The fourth-order valence-electron chi connectivity index (χ4n) is 3.50. The molecule has 0 radical (unpaired) electrons. The van der Waals surface area contributed by atoms with Crippen LogP contribution in [-0.2, 0) is 34.0 Å². The summed E-state index contributed by atoms with van der Waals surface area (Å²) in [6.07, 6.45) is 0.397. The van der Waals surface area contributed by atoms with Crippen LogP contribution in [0.25, 0.3) is 0 Å². The molecule has 0 saturated heterocycles. The van der Waals surface area contributed by atoms with E-state index in [0.717, 1.165) is 16.7 Å². The highest BCUT2D eigenvalue weighted by Gasteiger charge is 2.34. The second-order valence-corrected chi connectivity index (χ2v) is 7.75. The maximum atomic E-state index is 10.8. The van der Waals surface area contributed by atoms with Gasteiger partial charge in [-0.1, -0.05) is 103 Å². The molecule has 1 N–H and O–H groups in total. The fourth-order valence-corrected chi connectivity index (χ4v) is 3.50. The Labute approximate surface area is 196 Å². The summed E-state index contributed by atoms with van der Waals surface area (Å²) < 4.78 is 18.7. The number of ether oxygens (including phenoxy) is 3. The van der Waals surface area contributed by atoms with Crippen molar-refractivity contribution >= 4 is 0 Å². The number of benzene rings is 3. The summed E-state index contributed by atoms with van der Waals surface area (Å²) in [6, 6.07) is 29.6. The Morgan fingerprint density at radius 2 is 0.970 bits per heavy atom. The Hall–Kier alpha value is -3.02. The van der Waals surface area contributed by atoms with Gasteiger partial charge in [-0.2, -0.15) is 0 Å². The molecule has 0 bridgehead atoms. The van der Waals surface area contributed by atoms with Crippen molar-refractivity contribution in [2.45, 2.75) is 44.2 Å². The van der Waals surface area contributed by atoms with Crippen LogP contribution in [0.2, 0.25) is 0 Å². The molecular weight excluding hydrogens is 412 g/mol. The first kappa shape index (κ1) is 24.6. The highest BCUT2D eigenvalue weighted by molar-refractivity contribution is 5.16. The summed E-state index contributed by atoms with van der Waals surface area (Å²) in [5.74, 6) is 0. The highest BCUT2D eigenvalue weighted by Crippen LogP contribution is 2.22. The van der Waals surface area contributed by atoms with Crippen molar-refractivity contribution in [3.63, 3.8) is 0 Å². The average molecular weight is 445 g/mol. The summed E-state index contributed by atoms with van der Waals surface area (Å²) >= 11 is 0. The summed E-state index contributed by atoms with van der Waals surface area (Å²) in [5, 5.41) is 10.8. The van der Waals surface area contributed by atoms with E-state index in [-0.39, 0.29) is 0 Å². The van der Waals surface area contributed by atoms with Gasteiger partial charge in [-0.15, -0.1) is 13.2 Å². The Balaban J connectivity index is 1.80. The molecule has 0 aromatic heterocycles. The van der Waals surface area contributed by atoms with E-state index in [1.54, 1.807) is 6.08 Å². The molecule has 0 spiro atoms. The lowest BCUT2D eigenvalue weighted by Gasteiger charge is -2.34. The zero-order valence-electron chi connectivity index (χ0n) is 18.8. The quantitative estimate of drug-likeness (QED) is 0.335. The van der Waals surface area contributed by atoms with Gasteiger partial charge in [-0.3, -0.25) is 0 Å². The Bertz CT molecular complexity index is 943. The van der Waals surface area contributed by atoms with Crippen molar-refractivity contribution in [1.29, 1.82) is 0 Å². The maximum absolute atomic E-state index is 10.8. The minimum absolute atomic E-state index is 0.324. The van der Waals surface area contributed by atoms with Gasteiger partial charge in [-0.05, 0) is 16.7 Å². The molecule has 172 valence electrons. The number of hydrogen-bond acceptors (Lipinski definition) is 4. The van der Waals surface area contributed by atoms with Crippen molar-refractivity contribution < 1.29 is 19.3 Å². The van der Waals surface area contributed by atoms with E-state index in [2.05, 4.69) is 13.2 Å². The third kappa shape index (κ3) is 7.81. The van der Waals surface area contributed by atoms with Crippen LogP contribution >= 0.6 is 0 Å². The molecule has 3 rings (SSSR count). The molecule has 0 unspecified atom stereocenters. The van der Waals surface area contributed by atoms with Gasteiger partial charge in [0.15, 0.2) is 0 Å². The molecule has 4 nitrogen and oxygen atoms in total. The molecule has 0 aliphatic heterocycles. The molecule has 0 aliphatic carbocycles. The number of hydrogen-bond donors (Lipinski definition) is 1. The summed E-state index contributed by atoms with van der Waals surface area (Å²) in [7, 11) is 0. The summed E-state index contributed by atoms with van der Waals surface area (Å²) in [5.41, 5.74) is 3.06. The van der Waals surface area contributed by atoms with Gasteiger partial charge in [0, 0.05) is 0 Å². The van der Waals surface area contributed by atoms with Crippen LogP contribution in [0.4, 0.5) is 0 Å². The Kier molecular flexibility index (Phi) is 10.1. The molecule has 0 saturated carbocycles. The van der Waals surface area contributed by atoms with Crippen LogP contribution in [0.15, 0.2) is 116 Å². The minimum Gasteiger partial charge on any atom is -0.386 e. The third-order valence-electron chi connectivity index (χ3n) is 5.31. The largest absolute Gasteiger partial charge is 0.386 e. The molecule has 4 heteroatoms. The summed E-state index contributed by atoms with van der Waals surface area (Å²) in [4.78, 5) is 0. The minimum atomic E-state index is -0.947. The van der Waals surface area contributed by atoms with E-state index in [1.165, 1.54) is 6.08 Å². The molecule has 4 atom stereocenters. The smallest absolute Gasteiger partial charge is 0.117 e. The fraction of sp³-hybridized carbons (Fsp3) is 0.241.